The molecule has 12 heavy (non-hydrogen) atoms. The summed E-state index contributed by atoms with van der Waals surface area (Å²) in [6.45, 7) is 1.99. The Morgan fingerprint density at radius 3 is 2.92 bits per heavy atom. The van der Waals surface area contributed by atoms with Gasteiger partial charge in [-0.3, -0.25) is 0 Å². The van der Waals surface area contributed by atoms with Crippen LogP contribution < -0.4 is 5.32 Å². The van der Waals surface area contributed by atoms with E-state index in [0.29, 0.717) is 24.7 Å². The normalized spacial score (nSPS) is 19.2. The highest BCUT2D eigenvalue weighted by Crippen LogP contribution is 2.39. The average Bonchev–Trinajstić information content (AvgIpc) is 2.60. The van der Waals surface area contributed by atoms with Gasteiger partial charge in [-0.05, 0) is 19.8 Å². The third-order valence-corrected chi connectivity index (χ3v) is 1.88. The lowest BCUT2D eigenvalue weighted by atomic mass is 10.4. The van der Waals surface area contributed by atoms with E-state index in [2.05, 4.69) is 15.5 Å². The van der Waals surface area contributed by atoms with Gasteiger partial charge in [0, 0.05) is 0 Å². The van der Waals surface area contributed by atoms with Crippen LogP contribution in [0.1, 0.15) is 18.7 Å². The molecule has 5 heteroatoms. The summed E-state index contributed by atoms with van der Waals surface area (Å²) >= 11 is 0. The van der Waals surface area contributed by atoms with E-state index in [1.54, 1.807) is 6.92 Å². The Bertz CT molecular complexity index is 282. The highest BCUT2D eigenvalue weighted by atomic mass is 19.1. The van der Waals surface area contributed by atoms with Gasteiger partial charge in [0.25, 0.3) is 0 Å². The minimum absolute atomic E-state index is 0.272. The number of nitrogens with zero attached hydrogens (tertiary/aromatic N) is 2. The van der Waals surface area contributed by atoms with Crippen molar-refractivity contribution < 1.29 is 8.91 Å². The Balaban J connectivity index is 1.87. The molecular weight excluding hydrogens is 161 g/mol. The second-order valence-electron chi connectivity index (χ2n) is 3.15. The van der Waals surface area contributed by atoms with E-state index in [-0.39, 0.29) is 6.54 Å². The molecule has 0 amide bonds. The standard InChI is InChI=1S/C7H10FN3O/c1-5-10-6(12-11-5)9-4-7(8)2-3-7/h2-4H2,1H3,(H,9,10,11). The van der Waals surface area contributed by atoms with E-state index >= 15 is 0 Å². The molecule has 0 unspecified atom stereocenters. The van der Waals surface area contributed by atoms with Gasteiger partial charge in [0.2, 0.25) is 0 Å². The number of aromatic nitrogens is 2. The molecule has 1 aromatic heterocycles. The predicted octanol–water partition coefficient (Wildman–Crippen LogP) is 1.29. The van der Waals surface area contributed by atoms with Crippen LogP contribution in [0.15, 0.2) is 4.52 Å². The summed E-state index contributed by atoms with van der Waals surface area (Å²) in [5, 5.41) is 6.32. The van der Waals surface area contributed by atoms with Crippen molar-refractivity contribution >= 4 is 6.01 Å². The van der Waals surface area contributed by atoms with E-state index in [0.717, 1.165) is 0 Å². The maximum Gasteiger partial charge on any atom is 0.321 e. The number of alkyl halides is 1. The summed E-state index contributed by atoms with van der Waals surface area (Å²) in [4.78, 5) is 3.89. The summed E-state index contributed by atoms with van der Waals surface area (Å²) in [5.41, 5.74) is -1.03. The zero-order valence-corrected chi connectivity index (χ0v) is 6.80. The van der Waals surface area contributed by atoms with Gasteiger partial charge < -0.3 is 9.84 Å². The van der Waals surface area contributed by atoms with Crippen molar-refractivity contribution in [3.05, 3.63) is 5.82 Å². The second kappa shape index (κ2) is 2.43. The second-order valence-corrected chi connectivity index (χ2v) is 3.15. The molecule has 0 aromatic carbocycles. The largest absolute Gasteiger partial charge is 0.335 e. The fourth-order valence-corrected chi connectivity index (χ4v) is 0.915. The summed E-state index contributed by atoms with van der Waals surface area (Å²) < 4.78 is 17.8. The number of nitrogens with one attached hydrogen (secondary N) is 1. The molecule has 4 nitrogen and oxygen atoms in total. The lowest BCUT2D eigenvalue weighted by Gasteiger charge is -2.02. The van der Waals surface area contributed by atoms with Gasteiger partial charge in [0.15, 0.2) is 5.82 Å². The van der Waals surface area contributed by atoms with Crippen LogP contribution in [-0.2, 0) is 0 Å². The van der Waals surface area contributed by atoms with Crippen molar-refractivity contribution in [2.24, 2.45) is 0 Å². The molecule has 66 valence electrons. The SMILES string of the molecule is Cc1noc(NCC2(F)CC2)n1. The molecule has 0 aliphatic heterocycles. The van der Waals surface area contributed by atoms with Crippen LogP contribution in [-0.4, -0.2) is 22.4 Å². The number of anilines is 1. The first kappa shape index (κ1) is 7.52. The molecule has 2 rings (SSSR count). The Hall–Kier alpha value is -1.13. The van der Waals surface area contributed by atoms with Gasteiger partial charge in [0.1, 0.15) is 5.67 Å². The fourth-order valence-electron chi connectivity index (χ4n) is 0.915. The number of halogens is 1. The first-order chi connectivity index (χ1) is 5.68. The molecule has 1 saturated carbocycles. The third-order valence-electron chi connectivity index (χ3n) is 1.88. The molecule has 0 radical (unpaired) electrons. The lowest BCUT2D eigenvalue weighted by molar-refractivity contribution is 0.321. The predicted molar refractivity (Wildman–Crippen MR) is 40.6 cm³/mol. The van der Waals surface area contributed by atoms with Crippen LogP contribution in [0.5, 0.6) is 0 Å². The highest BCUT2D eigenvalue weighted by Gasteiger charge is 2.43. The molecule has 0 saturated heterocycles. The van der Waals surface area contributed by atoms with E-state index < -0.39 is 5.67 Å². The van der Waals surface area contributed by atoms with E-state index in [9.17, 15) is 4.39 Å². The lowest BCUT2D eigenvalue weighted by Crippen LogP contribution is -2.16. The van der Waals surface area contributed by atoms with Crippen molar-refractivity contribution in [3.8, 4) is 0 Å². The zero-order chi connectivity index (χ0) is 8.60. The molecule has 1 aliphatic rings. The van der Waals surface area contributed by atoms with Crippen molar-refractivity contribution in [1.82, 2.24) is 10.1 Å². The summed E-state index contributed by atoms with van der Waals surface area (Å²) in [5.74, 6) is 0.557. The molecule has 1 N–H and O–H groups in total. The topological polar surface area (TPSA) is 51.0 Å². The first-order valence-electron chi connectivity index (χ1n) is 3.91. The van der Waals surface area contributed by atoms with Crippen LogP contribution >= 0.6 is 0 Å². The fraction of sp³-hybridized carbons (Fsp3) is 0.714. The summed E-state index contributed by atoms with van der Waals surface area (Å²) in [6, 6.07) is 0.302. The molecule has 0 bridgehead atoms. The van der Waals surface area contributed by atoms with Crippen molar-refractivity contribution in [2.45, 2.75) is 25.4 Å². The number of hydrogen-bond donors (Lipinski definition) is 1. The van der Waals surface area contributed by atoms with Gasteiger partial charge in [-0.25, -0.2) is 4.39 Å². The van der Waals surface area contributed by atoms with E-state index in [4.69, 9.17) is 4.52 Å². The average molecular weight is 171 g/mol. The summed E-state index contributed by atoms with van der Waals surface area (Å²) in [6.07, 6.45) is 1.26. The Labute approximate surface area is 69.2 Å². The molecule has 1 aromatic rings. The Morgan fingerprint density at radius 2 is 2.42 bits per heavy atom. The van der Waals surface area contributed by atoms with Gasteiger partial charge in [-0.2, -0.15) is 4.98 Å². The number of hydrogen-bond acceptors (Lipinski definition) is 4. The third kappa shape index (κ3) is 1.54. The van der Waals surface area contributed by atoms with Crippen LogP contribution in [0.3, 0.4) is 0 Å². The molecule has 1 heterocycles. The molecule has 0 spiro atoms. The Morgan fingerprint density at radius 1 is 1.67 bits per heavy atom. The monoisotopic (exact) mass is 171 g/mol. The van der Waals surface area contributed by atoms with Crippen molar-refractivity contribution in [3.63, 3.8) is 0 Å². The molecular formula is C7H10FN3O. The number of rotatable bonds is 3. The van der Waals surface area contributed by atoms with Gasteiger partial charge in [-0.15, -0.1) is 0 Å². The first-order valence-corrected chi connectivity index (χ1v) is 3.91. The van der Waals surface area contributed by atoms with Crippen molar-refractivity contribution in [2.75, 3.05) is 11.9 Å². The van der Waals surface area contributed by atoms with Crippen LogP contribution in [0.2, 0.25) is 0 Å². The smallest absolute Gasteiger partial charge is 0.321 e. The molecule has 1 aliphatic carbocycles. The Kier molecular flexibility index (Phi) is 1.52. The van der Waals surface area contributed by atoms with Gasteiger partial charge in [-0.1, -0.05) is 5.16 Å². The summed E-state index contributed by atoms with van der Waals surface area (Å²) in [7, 11) is 0. The minimum atomic E-state index is -1.03. The van der Waals surface area contributed by atoms with Gasteiger partial charge in [0.05, 0.1) is 6.54 Å². The minimum Gasteiger partial charge on any atom is -0.335 e. The number of aryl methyl sites for hydroxylation is 1. The van der Waals surface area contributed by atoms with E-state index in [1.807, 2.05) is 0 Å². The molecule has 0 atom stereocenters. The maximum atomic E-state index is 13.0. The molecule has 1 fully saturated rings. The van der Waals surface area contributed by atoms with Gasteiger partial charge >= 0.3 is 6.01 Å². The zero-order valence-electron chi connectivity index (χ0n) is 6.80. The van der Waals surface area contributed by atoms with Crippen LogP contribution in [0.4, 0.5) is 10.4 Å². The maximum absolute atomic E-state index is 13.0. The van der Waals surface area contributed by atoms with Crippen LogP contribution in [0.25, 0.3) is 0 Å². The van der Waals surface area contributed by atoms with Crippen molar-refractivity contribution in [1.29, 1.82) is 0 Å². The highest BCUT2D eigenvalue weighted by molar-refractivity contribution is 5.20. The quantitative estimate of drug-likeness (QED) is 0.744. The van der Waals surface area contributed by atoms with Crippen LogP contribution in [0, 0.1) is 6.92 Å². The van der Waals surface area contributed by atoms with E-state index in [1.165, 1.54) is 0 Å².